The van der Waals surface area contributed by atoms with Gasteiger partial charge in [0.1, 0.15) is 11.7 Å². The molecule has 0 spiro atoms. The van der Waals surface area contributed by atoms with Crippen LogP contribution >= 0.6 is 0 Å². The summed E-state index contributed by atoms with van der Waals surface area (Å²) >= 11 is 0. The Morgan fingerprint density at radius 2 is 1.79 bits per heavy atom. The largest absolute Gasteiger partial charge is 0.360 e. The van der Waals surface area contributed by atoms with E-state index in [1.807, 2.05) is 56.3 Å². The van der Waals surface area contributed by atoms with Crippen molar-refractivity contribution in [2.75, 3.05) is 6.54 Å². The molecule has 0 radical (unpaired) electrons. The van der Waals surface area contributed by atoms with Crippen LogP contribution in [0.15, 0.2) is 71.6 Å². The summed E-state index contributed by atoms with van der Waals surface area (Å²) < 4.78 is 34.2. The zero-order valence-electron chi connectivity index (χ0n) is 17.5. The number of ether oxygens (including phenoxy) is 1. The standard InChI is InChI=1S/C24H31NO3S/c1-4-5-6-10-17-24(3)23(28-24)19-25(18-21-11-8-7-9-12-21)29(26,27)22-15-13-20(2)14-16-22/h7-17,23H,4-6,18-19H2,1-3H3/b17-10+/t23-,24+/m1/s1. The second kappa shape index (κ2) is 9.24. The van der Waals surface area contributed by atoms with Crippen molar-refractivity contribution >= 4 is 10.0 Å². The molecule has 1 fully saturated rings. The number of hydrogen-bond donors (Lipinski definition) is 0. The molecule has 0 aromatic heterocycles. The lowest BCUT2D eigenvalue weighted by Crippen LogP contribution is -2.35. The molecule has 0 bridgehead atoms. The van der Waals surface area contributed by atoms with Gasteiger partial charge >= 0.3 is 0 Å². The summed E-state index contributed by atoms with van der Waals surface area (Å²) in [6.07, 6.45) is 7.44. The van der Waals surface area contributed by atoms with E-state index in [9.17, 15) is 8.42 Å². The Balaban J connectivity index is 1.79. The number of sulfonamides is 1. The van der Waals surface area contributed by atoms with Gasteiger partial charge in [0, 0.05) is 13.1 Å². The van der Waals surface area contributed by atoms with Crippen LogP contribution in [0.5, 0.6) is 0 Å². The number of unbranched alkanes of at least 4 members (excludes halogenated alkanes) is 2. The molecule has 5 heteroatoms. The lowest BCUT2D eigenvalue weighted by molar-refractivity contribution is 0.309. The number of epoxide rings is 1. The van der Waals surface area contributed by atoms with Gasteiger partial charge in [0.15, 0.2) is 0 Å². The second-order valence-corrected chi connectivity index (χ2v) is 9.87. The SMILES string of the molecule is CCCC/C=C/[C@]1(C)O[C@@H]1CN(Cc1ccccc1)S(=O)(=O)c1ccc(C)cc1. The van der Waals surface area contributed by atoms with E-state index in [0.717, 1.165) is 30.4 Å². The van der Waals surface area contributed by atoms with Gasteiger partial charge in [-0.15, -0.1) is 0 Å². The molecule has 29 heavy (non-hydrogen) atoms. The highest BCUT2D eigenvalue weighted by molar-refractivity contribution is 7.89. The predicted octanol–water partition coefficient (Wildman–Crippen LogP) is 5.09. The Bertz CT molecular complexity index is 922. The molecule has 156 valence electrons. The summed E-state index contributed by atoms with van der Waals surface area (Å²) in [6, 6.07) is 16.7. The molecule has 4 nitrogen and oxygen atoms in total. The van der Waals surface area contributed by atoms with Gasteiger partial charge in [0.25, 0.3) is 0 Å². The molecule has 2 aromatic rings. The van der Waals surface area contributed by atoms with Crippen LogP contribution in [0.4, 0.5) is 0 Å². The highest BCUT2D eigenvalue weighted by atomic mass is 32.2. The fourth-order valence-electron chi connectivity index (χ4n) is 3.36. The van der Waals surface area contributed by atoms with Crippen LogP contribution in [0, 0.1) is 6.92 Å². The van der Waals surface area contributed by atoms with E-state index in [-0.39, 0.29) is 11.7 Å². The third-order valence-electron chi connectivity index (χ3n) is 5.38. The fraction of sp³-hybridized carbons (Fsp3) is 0.417. The first-order valence-electron chi connectivity index (χ1n) is 10.3. The molecule has 0 unspecified atom stereocenters. The van der Waals surface area contributed by atoms with Crippen molar-refractivity contribution in [1.82, 2.24) is 4.31 Å². The molecule has 1 heterocycles. The van der Waals surface area contributed by atoms with Gasteiger partial charge in [-0.05, 0) is 38.0 Å². The Morgan fingerprint density at radius 3 is 2.45 bits per heavy atom. The maximum Gasteiger partial charge on any atom is 0.243 e. The zero-order valence-corrected chi connectivity index (χ0v) is 18.4. The summed E-state index contributed by atoms with van der Waals surface area (Å²) in [5.41, 5.74) is 1.61. The monoisotopic (exact) mass is 413 g/mol. The van der Waals surface area contributed by atoms with E-state index in [1.54, 1.807) is 16.4 Å². The van der Waals surface area contributed by atoms with Crippen LogP contribution in [0.2, 0.25) is 0 Å². The van der Waals surface area contributed by atoms with E-state index in [1.165, 1.54) is 0 Å². The third-order valence-corrected chi connectivity index (χ3v) is 7.21. The van der Waals surface area contributed by atoms with E-state index in [4.69, 9.17) is 4.74 Å². The smallest absolute Gasteiger partial charge is 0.243 e. The molecule has 0 saturated carbocycles. The average molecular weight is 414 g/mol. The molecule has 0 N–H and O–H groups in total. The number of benzene rings is 2. The van der Waals surface area contributed by atoms with Crippen LogP contribution < -0.4 is 0 Å². The lowest BCUT2D eigenvalue weighted by atomic mass is 10.1. The van der Waals surface area contributed by atoms with Crippen molar-refractivity contribution in [3.05, 3.63) is 77.9 Å². The van der Waals surface area contributed by atoms with Crippen molar-refractivity contribution in [3.8, 4) is 0 Å². The Morgan fingerprint density at radius 1 is 1.10 bits per heavy atom. The fourth-order valence-corrected chi connectivity index (χ4v) is 4.78. The molecule has 0 amide bonds. The van der Waals surface area contributed by atoms with Crippen LogP contribution in [-0.4, -0.2) is 31.0 Å². The first kappa shape index (κ1) is 21.8. The highest BCUT2D eigenvalue weighted by Crippen LogP contribution is 2.39. The summed E-state index contributed by atoms with van der Waals surface area (Å²) in [6.45, 7) is 6.81. The van der Waals surface area contributed by atoms with Gasteiger partial charge in [-0.2, -0.15) is 4.31 Å². The number of nitrogens with zero attached hydrogens (tertiary/aromatic N) is 1. The van der Waals surface area contributed by atoms with E-state index >= 15 is 0 Å². The number of aryl methyl sites for hydroxylation is 1. The minimum atomic E-state index is -3.62. The van der Waals surface area contributed by atoms with Gasteiger partial charge in [0.05, 0.1) is 4.90 Å². The van der Waals surface area contributed by atoms with Crippen molar-refractivity contribution in [3.63, 3.8) is 0 Å². The summed E-state index contributed by atoms with van der Waals surface area (Å²) in [4.78, 5) is 0.319. The van der Waals surface area contributed by atoms with Crippen molar-refractivity contribution < 1.29 is 13.2 Å². The lowest BCUT2D eigenvalue weighted by Gasteiger charge is -2.22. The molecule has 3 rings (SSSR count). The van der Waals surface area contributed by atoms with Crippen molar-refractivity contribution in [1.29, 1.82) is 0 Å². The molecule has 1 aliphatic rings. The third kappa shape index (κ3) is 5.56. The van der Waals surface area contributed by atoms with E-state index in [2.05, 4.69) is 19.1 Å². The summed E-state index contributed by atoms with van der Waals surface area (Å²) in [7, 11) is -3.62. The molecule has 1 aliphatic heterocycles. The normalized spacial score (nSPS) is 21.7. The van der Waals surface area contributed by atoms with Crippen molar-refractivity contribution in [2.45, 2.75) is 63.2 Å². The number of hydrogen-bond acceptors (Lipinski definition) is 3. The number of allylic oxidation sites excluding steroid dienone is 1. The minimum Gasteiger partial charge on any atom is -0.360 e. The summed E-state index contributed by atoms with van der Waals surface area (Å²) in [5.74, 6) is 0. The first-order valence-corrected chi connectivity index (χ1v) is 11.8. The van der Waals surface area contributed by atoms with Crippen LogP contribution in [0.3, 0.4) is 0 Å². The predicted molar refractivity (Wildman–Crippen MR) is 117 cm³/mol. The molecule has 2 aromatic carbocycles. The zero-order chi connectivity index (χ0) is 20.9. The Labute approximate surface area is 175 Å². The Kier molecular flexibility index (Phi) is 6.93. The highest BCUT2D eigenvalue weighted by Gasteiger charge is 2.51. The van der Waals surface area contributed by atoms with Crippen LogP contribution in [0.1, 0.15) is 44.2 Å². The van der Waals surface area contributed by atoms with Gasteiger partial charge < -0.3 is 4.74 Å². The topological polar surface area (TPSA) is 49.9 Å². The minimum absolute atomic E-state index is 0.135. The molecule has 1 saturated heterocycles. The average Bonchev–Trinajstić information content (AvgIpc) is 3.35. The first-order chi connectivity index (χ1) is 13.8. The molecular formula is C24H31NO3S. The van der Waals surface area contributed by atoms with Gasteiger partial charge in [0.2, 0.25) is 10.0 Å². The van der Waals surface area contributed by atoms with Gasteiger partial charge in [-0.1, -0.05) is 79.9 Å². The summed E-state index contributed by atoms with van der Waals surface area (Å²) in [5, 5.41) is 0. The Hall–Kier alpha value is -1.95. The number of rotatable bonds is 10. The van der Waals surface area contributed by atoms with Crippen LogP contribution in [0.25, 0.3) is 0 Å². The van der Waals surface area contributed by atoms with Gasteiger partial charge in [-0.3, -0.25) is 0 Å². The van der Waals surface area contributed by atoms with Gasteiger partial charge in [-0.25, -0.2) is 8.42 Å². The van der Waals surface area contributed by atoms with E-state index < -0.39 is 10.0 Å². The van der Waals surface area contributed by atoms with Crippen molar-refractivity contribution in [2.24, 2.45) is 0 Å². The second-order valence-electron chi connectivity index (χ2n) is 7.93. The van der Waals surface area contributed by atoms with Crippen LogP contribution in [-0.2, 0) is 21.3 Å². The maximum atomic E-state index is 13.4. The maximum absolute atomic E-state index is 13.4. The molecule has 0 aliphatic carbocycles. The quantitative estimate of drug-likeness (QED) is 0.310. The van der Waals surface area contributed by atoms with E-state index in [0.29, 0.717) is 18.0 Å². The molecule has 2 atom stereocenters. The molecular weight excluding hydrogens is 382 g/mol.